The van der Waals surface area contributed by atoms with Gasteiger partial charge >= 0.3 is 5.97 Å². The van der Waals surface area contributed by atoms with Crippen molar-refractivity contribution in [1.29, 1.82) is 0 Å². The van der Waals surface area contributed by atoms with Gasteiger partial charge in [0.15, 0.2) is 5.78 Å². The lowest BCUT2D eigenvalue weighted by Crippen LogP contribution is -2.51. The van der Waals surface area contributed by atoms with Crippen LogP contribution in [0.5, 0.6) is 0 Å². The molecule has 1 N–H and O–H groups in total. The summed E-state index contributed by atoms with van der Waals surface area (Å²) in [5.74, 6) is 1.97. The van der Waals surface area contributed by atoms with Crippen molar-refractivity contribution in [3.05, 3.63) is 11.6 Å². The Morgan fingerprint density at radius 3 is 2.68 bits per heavy atom. The van der Waals surface area contributed by atoms with E-state index in [4.69, 9.17) is 4.74 Å². The van der Waals surface area contributed by atoms with Gasteiger partial charge < -0.3 is 9.84 Å². The number of hydrogen-bond acceptors (Lipinski definition) is 4. The summed E-state index contributed by atoms with van der Waals surface area (Å²) in [5.41, 5.74) is 1.74. The van der Waals surface area contributed by atoms with Crippen LogP contribution >= 0.6 is 0 Å². The molecule has 0 radical (unpaired) electrons. The van der Waals surface area contributed by atoms with Crippen LogP contribution < -0.4 is 0 Å². The van der Waals surface area contributed by atoms with Crippen molar-refractivity contribution in [3.8, 4) is 0 Å². The maximum absolute atomic E-state index is 13.0. The highest BCUT2D eigenvalue weighted by molar-refractivity contribution is 5.85. The zero-order chi connectivity index (χ0) is 20.3. The maximum atomic E-state index is 13.0. The van der Waals surface area contributed by atoms with Crippen LogP contribution in [0.4, 0.5) is 0 Å². The number of Topliss-reactive ketones (excluding diaryl/α,β-unsaturated/α-hetero) is 1. The van der Waals surface area contributed by atoms with E-state index in [9.17, 15) is 14.7 Å². The zero-order valence-electron chi connectivity index (χ0n) is 17.9. The van der Waals surface area contributed by atoms with E-state index in [0.717, 1.165) is 38.5 Å². The van der Waals surface area contributed by atoms with Gasteiger partial charge in [-0.05, 0) is 79.4 Å². The average Bonchev–Trinajstić information content (AvgIpc) is 2.90. The Balaban J connectivity index is 1.59. The Morgan fingerprint density at radius 1 is 1.21 bits per heavy atom. The SMILES string of the molecule is CC(=O)OCC(=O)[C@H]1[C@@H](C)C[C@H]2[C@@H]3CC=C4C[C@H](O)CC[C@]4(C)[C@H]3CC[C@@]21C. The number of aliphatic hydroxyl groups excluding tert-OH is 1. The molecule has 0 saturated heterocycles. The molecule has 3 fully saturated rings. The van der Waals surface area contributed by atoms with Crippen molar-refractivity contribution >= 4 is 11.8 Å². The Hall–Kier alpha value is -1.16. The summed E-state index contributed by atoms with van der Waals surface area (Å²) < 4.78 is 5.07. The highest BCUT2D eigenvalue weighted by Crippen LogP contribution is 2.67. The highest BCUT2D eigenvalue weighted by atomic mass is 16.5. The van der Waals surface area contributed by atoms with E-state index in [-0.39, 0.29) is 41.2 Å². The van der Waals surface area contributed by atoms with Crippen LogP contribution in [0.3, 0.4) is 0 Å². The Bertz CT molecular complexity index is 697. The summed E-state index contributed by atoms with van der Waals surface area (Å²) in [7, 11) is 0. The summed E-state index contributed by atoms with van der Waals surface area (Å²) in [5, 5.41) is 10.2. The molecule has 0 heterocycles. The maximum Gasteiger partial charge on any atom is 0.303 e. The van der Waals surface area contributed by atoms with Crippen molar-refractivity contribution in [3.63, 3.8) is 0 Å². The number of aliphatic hydroxyl groups is 1. The van der Waals surface area contributed by atoms with Crippen LogP contribution in [0.25, 0.3) is 0 Å². The predicted octanol–water partition coefficient (Wildman–Crippen LogP) is 4.30. The third kappa shape index (κ3) is 2.98. The van der Waals surface area contributed by atoms with Gasteiger partial charge in [0.2, 0.25) is 0 Å². The van der Waals surface area contributed by atoms with Gasteiger partial charge in [0.05, 0.1) is 6.10 Å². The Kier molecular flexibility index (Phi) is 5.01. The van der Waals surface area contributed by atoms with Gasteiger partial charge in [-0.3, -0.25) is 9.59 Å². The number of fused-ring (bicyclic) bond motifs is 5. The summed E-state index contributed by atoms with van der Waals surface area (Å²) in [6.07, 6.45) is 9.59. The first kappa shape index (κ1) is 20.1. The zero-order valence-corrected chi connectivity index (χ0v) is 17.9. The summed E-state index contributed by atoms with van der Waals surface area (Å²) in [4.78, 5) is 24.2. The first-order valence-electron chi connectivity index (χ1n) is 11.2. The van der Waals surface area contributed by atoms with Gasteiger partial charge in [0, 0.05) is 12.8 Å². The number of carbonyl (C=O) groups is 2. The van der Waals surface area contributed by atoms with Crippen molar-refractivity contribution < 1.29 is 19.4 Å². The minimum Gasteiger partial charge on any atom is -0.458 e. The summed E-state index contributed by atoms with van der Waals surface area (Å²) in [6.45, 7) is 8.29. The van der Waals surface area contributed by atoms with E-state index in [1.807, 2.05) is 0 Å². The number of esters is 1. The van der Waals surface area contributed by atoms with Crippen molar-refractivity contribution in [2.75, 3.05) is 6.61 Å². The van der Waals surface area contributed by atoms with Crippen LogP contribution in [0.15, 0.2) is 11.6 Å². The molecule has 0 aliphatic heterocycles. The molecule has 156 valence electrons. The lowest BCUT2D eigenvalue weighted by Gasteiger charge is -2.57. The largest absolute Gasteiger partial charge is 0.458 e. The molecule has 0 amide bonds. The number of hydrogen-bond donors (Lipinski definition) is 1. The molecular weight excluding hydrogens is 352 g/mol. The van der Waals surface area contributed by atoms with Gasteiger partial charge in [0.1, 0.15) is 6.61 Å². The number of allylic oxidation sites excluding steroid dienone is 1. The second-order valence-electron chi connectivity index (χ2n) is 10.6. The Labute approximate surface area is 169 Å². The second kappa shape index (κ2) is 6.97. The molecule has 4 aliphatic rings. The molecule has 4 nitrogen and oxygen atoms in total. The van der Waals surface area contributed by atoms with Gasteiger partial charge in [-0.2, -0.15) is 0 Å². The molecule has 0 unspecified atom stereocenters. The molecule has 28 heavy (non-hydrogen) atoms. The van der Waals surface area contributed by atoms with Crippen LogP contribution in [0, 0.1) is 40.4 Å². The third-order valence-corrected chi connectivity index (χ3v) is 9.19. The van der Waals surface area contributed by atoms with Crippen LogP contribution in [-0.4, -0.2) is 29.6 Å². The second-order valence-corrected chi connectivity index (χ2v) is 10.6. The van der Waals surface area contributed by atoms with E-state index < -0.39 is 0 Å². The summed E-state index contributed by atoms with van der Waals surface area (Å²) in [6, 6.07) is 0. The van der Waals surface area contributed by atoms with Crippen molar-refractivity contribution in [2.45, 2.75) is 78.7 Å². The molecule has 0 aromatic carbocycles. The lowest BCUT2D eigenvalue weighted by atomic mass is 9.47. The van der Waals surface area contributed by atoms with E-state index >= 15 is 0 Å². The third-order valence-electron chi connectivity index (χ3n) is 9.19. The van der Waals surface area contributed by atoms with E-state index in [1.54, 1.807) is 0 Å². The number of ketones is 1. The quantitative estimate of drug-likeness (QED) is 0.578. The fourth-order valence-electron chi connectivity index (χ4n) is 7.95. The number of rotatable bonds is 3. The monoisotopic (exact) mass is 388 g/mol. The molecule has 0 bridgehead atoms. The summed E-state index contributed by atoms with van der Waals surface area (Å²) >= 11 is 0. The van der Waals surface area contributed by atoms with Crippen molar-refractivity contribution in [2.24, 2.45) is 40.4 Å². The van der Waals surface area contributed by atoms with Gasteiger partial charge in [-0.1, -0.05) is 32.4 Å². The molecular formula is C24H36O4. The molecule has 0 aromatic rings. The number of carbonyl (C=O) groups excluding carboxylic acids is 2. The van der Waals surface area contributed by atoms with Crippen LogP contribution in [0.1, 0.15) is 72.6 Å². The fourth-order valence-corrected chi connectivity index (χ4v) is 7.95. The molecule has 8 atom stereocenters. The minimum atomic E-state index is -0.373. The Morgan fingerprint density at radius 2 is 1.96 bits per heavy atom. The minimum absolute atomic E-state index is 0.00385. The van der Waals surface area contributed by atoms with E-state index in [2.05, 4.69) is 26.8 Å². The van der Waals surface area contributed by atoms with Gasteiger partial charge in [-0.15, -0.1) is 0 Å². The van der Waals surface area contributed by atoms with Crippen molar-refractivity contribution in [1.82, 2.24) is 0 Å². The fraction of sp³-hybridized carbons (Fsp3) is 0.833. The number of ether oxygens (including phenoxy) is 1. The van der Waals surface area contributed by atoms with Gasteiger partial charge in [0.25, 0.3) is 0 Å². The molecule has 3 saturated carbocycles. The normalized spacial score (nSPS) is 47.4. The predicted molar refractivity (Wildman–Crippen MR) is 107 cm³/mol. The molecule has 0 spiro atoms. The standard InChI is InChI=1S/C24H36O4/c1-14-11-20-18-6-5-16-12-17(26)7-9-23(16,3)19(18)8-10-24(20,4)22(14)21(27)13-28-15(2)25/h5,14,17-20,22,26H,6-13H2,1-4H3/t14-,17+,18+,19-,20-,22+,23-,24-/m0/s1. The van der Waals surface area contributed by atoms with E-state index in [0.29, 0.717) is 23.7 Å². The first-order valence-corrected chi connectivity index (χ1v) is 11.2. The molecule has 4 rings (SSSR count). The lowest BCUT2D eigenvalue weighted by molar-refractivity contribution is -0.149. The van der Waals surface area contributed by atoms with Gasteiger partial charge in [-0.25, -0.2) is 0 Å². The smallest absolute Gasteiger partial charge is 0.303 e. The first-order chi connectivity index (χ1) is 13.2. The molecule has 0 aromatic heterocycles. The topological polar surface area (TPSA) is 63.6 Å². The van der Waals surface area contributed by atoms with Crippen LogP contribution in [-0.2, 0) is 14.3 Å². The molecule has 4 aliphatic carbocycles. The van der Waals surface area contributed by atoms with E-state index in [1.165, 1.54) is 18.9 Å². The highest BCUT2D eigenvalue weighted by Gasteiger charge is 2.61. The molecule has 4 heteroatoms. The van der Waals surface area contributed by atoms with Crippen LogP contribution in [0.2, 0.25) is 0 Å². The average molecular weight is 389 g/mol.